The molecule has 0 bridgehead atoms. The third kappa shape index (κ3) is 2.39. The third-order valence-corrected chi connectivity index (χ3v) is 3.75. The lowest BCUT2D eigenvalue weighted by Gasteiger charge is -2.36. The number of halogens is 1. The van der Waals surface area contributed by atoms with Gasteiger partial charge in [0.25, 0.3) is 0 Å². The lowest BCUT2D eigenvalue weighted by atomic mass is 9.71. The summed E-state index contributed by atoms with van der Waals surface area (Å²) < 4.78 is 0. The van der Waals surface area contributed by atoms with Crippen molar-refractivity contribution >= 4 is 11.6 Å². The minimum Gasteiger partial charge on any atom is -0.126 e. The van der Waals surface area contributed by atoms with Gasteiger partial charge in [0.2, 0.25) is 0 Å². The first-order valence-electron chi connectivity index (χ1n) is 5.21. The molecular weight excluding hydrogens is 168 g/mol. The molecule has 1 unspecified atom stereocenters. The average Bonchev–Trinajstić information content (AvgIpc) is 2.03. The standard InChI is InChI=1S/C11H21Cl/c1-8(2)11-5-4-9(3)6-10(11)7-12/h8-11H,4-7H2,1-3H3/t9-,10?,11-/m1/s1. The van der Waals surface area contributed by atoms with E-state index >= 15 is 0 Å². The van der Waals surface area contributed by atoms with Gasteiger partial charge in [-0.25, -0.2) is 0 Å². The molecular formula is C11H21Cl. The largest absolute Gasteiger partial charge is 0.126 e. The van der Waals surface area contributed by atoms with Crippen molar-refractivity contribution in [3.63, 3.8) is 0 Å². The lowest BCUT2D eigenvalue weighted by Crippen LogP contribution is -2.28. The van der Waals surface area contributed by atoms with E-state index < -0.39 is 0 Å². The SMILES string of the molecule is CC(C)[C@H]1CC[C@@H](C)CC1CCl. The molecule has 0 spiro atoms. The van der Waals surface area contributed by atoms with Crippen LogP contribution < -0.4 is 0 Å². The topological polar surface area (TPSA) is 0 Å². The smallest absolute Gasteiger partial charge is 0.0254 e. The molecule has 0 aromatic rings. The lowest BCUT2D eigenvalue weighted by molar-refractivity contribution is 0.161. The minimum absolute atomic E-state index is 0.787. The Morgan fingerprint density at radius 3 is 2.50 bits per heavy atom. The van der Waals surface area contributed by atoms with Crippen LogP contribution in [0.1, 0.15) is 40.0 Å². The van der Waals surface area contributed by atoms with E-state index in [9.17, 15) is 0 Å². The minimum atomic E-state index is 0.787. The van der Waals surface area contributed by atoms with E-state index in [2.05, 4.69) is 20.8 Å². The molecule has 0 saturated heterocycles. The Morgan fingerprint density at radius 2 is 2.00 bits per heavy atom. The summed E-state index contributed by atoms with van der Waals surface area (Å²) in [6, 6.07) is 0. The highest BCUT2D eigenvalue weighted by molar-refractivity contribution is 6.18. The molecule has 0 aromatic carbocycles. The van der Waals surface area contributed by atoms with Crippen LogP contribution in [0.15, 0.2) is 0 Å². The van der Waals surface area contributed by atoms with E-state index in [1.165, 1.54) is 19.3 Å². The summed E-state index contributed by atoms with van der Waals surface area (Å²) in [7, 11) is 0. The van der Waals surface area contributed by atoms with Crippen LogP contribution in [0.3, 0.4) is 0 Å². The molecule has 0 aromatic heterocycles. The fourth-order valence-corrected chi connectivity index (χ4v) is 2.93. The van der Waals surface area contributed by atoms with Crippen LogP contribution in [-0.4, -0.2) is 5.88 Å². The highest BCUT2D eigenvalue weighted by atomic mass is 35.5. The van der Waals surface area contributed by atoms with Crippen LogP contribution in [0.5, 0.6) is 0 Å². The molecule has 0 aliphatic heterocycles. The van der Waals surface area contributed by atoms with Gasteiger partial charge < -0.3 is 0 Å². The van der Waals surface area contributed by atoms with Crippen molar-refractivity contribution in [2.24, 2.45) is 23.7 Å². The summed E-state index contributed by atoms with van der Waals surface area (Å²) >= 11 is 5.98. The van der Waals surface area contributed by atoms with Gasteiger partial charge in [-0.05, 0) is 36.5 Å². The van der Waals surface area contributed by atoms with E-state index in [0.29, 0.717) is 0 Å². The molecule has 1 saturated carbocycles. The predicted molar refractivity (Wildman–Crippen MR) is 55.6 cm³/mol. The number of hydrogen-bond donors (Lipinski definition) is 0. The predicted octanol–water partition coefficient (Wildman–Crippen LogP) is 3.93. The molecule has 0 N–H and O–H groups in total. The summed E-state index contributed by atoms with van der Waals surface area (Å²) in [6.45, 7) is 7.02. The van der Waals surface area contributed by atoms with Crippen LogP contribution >= 0.6 is 11.6 Å². The van der Waals surface area contributed by atoms with E-state index in [0.717, 1.165) is 29.6 Å². The first kappa shape index (κ1) is 10.4. The normalized spacial score (nSPS) is 37.2. The van der Waals surface area contributed by atoms with Crippen molar-refractivity contribution in [3.05, 3.63) is 0 Å². The summed E-state index contributed by atoms with van der Waals surface area (Å²) in [5, 5.41) is 0. The quantitative estimate of drug-likeness (QED) is 0.576. The van der Waals surface area contributed by atoms with Gasteiger partial charge in [0.15, 0.2) is 0 Å². The van der Waals surface area contributed by atoms with Crippen molar-refractivity contribution < 1.29 is 0 Å². The monoisotopic (exact) mass is 188 g/mol. The maximum absolute atomic E-state index is 5.98. The molecule has 1 fully saturated rings. The van der Waals surface area contributed by atoms with Gasteiger partial charge in [0.05, 0.1) is 0 Å². The maximum Gasteiger partial charge on any atom is 0.0254 e. The first-order valence-corrected chi connectivity index (χ1v) is 5.74. The Labute approximate surface area is 81.7 Å². The number of rotatable bonds is 2. The van der Waals surface area contributed by atoms with Crippen molar-refractivity contribution in [1.82, 2.24) is 0 Å². The Bertz CT molecular complexity index is 131. The molecule has 12 heavy (non-hydrogen) atoms. The zero-order valence-corrected chi connectivity index (χ0v) is 9.27. The van der Waals surface area contributed by atoms with E-state index in [-0.39, 0.29) is 0 Å². The fourth-order valence-electron chi connectivity index (χ4n) is 2.58. The van der Waals surface area contributed by atoms with Crippen molar-refractivity contribution in [3.8, 4) is 0 Å². The molecule has 0 amide bonds. The van der Waals surface area contributed by atoms with Crippen LogP contribution in [0, 0.1) is 23.7 Å². The average molecular weight is 189 g/mol. The first-order chi connectivity index (χ1) is 5.65. The summed E-state index contributed by atoms with van der Waals surface area (Å²) in [5.74, 6) is 4.27. The molecule has 3 atom stereocenters. The van der Waals surface area contributed by atoms with Crippen molar-refractivity contribution in [2.75, 3.05) is 5.88 Å². The van der Waals surface area contributed by atoms with Crippen LogP contribution in [0.2, 0.25) is 0 Å². The van der Waals surface area contributed by atoms with E-state index in [4.69, 9.17) is 11.6 Å². The van der Waals surface area contributed by atoms with Crippen LogP contribution in [0.4, 0.5) is 0 Å². The van der Waals surface area contributed by atoms with Crippen LogP contribution in [-0.2, 0) is 0 Å². The fraction of sp³-hybridized carbons (Fsp3) is 1.00. The zero-order chi connectivity index (χ0) is 9.14. The third-order valence-electron chi connectivity index (χ3n) is 3.36. The Hall–Kier alpha value is 0.290. The molecule has 1 aliphatic carbocycles. The molecule has 0 nitrogen and oxygen atoms in total. The van der Waals surface area contributed by atoms with Gasteiger partial charge in [-0.3, -0.25) is 0 Å². The van der Waals surface area contributed by atoms with E-state index in [1.54, 1.807) is 0 Å². The van der Waals surface area contributed by atoms with Gasteiger partial charge >= 0.3 is 0 Å². The molecule has 1 heteroatoms. The second-order valence-electron chi connectivity index (χ2n) is 4.74. The Kier molecular flexibility index (Phi) is 3.89. The molecule has 0 heterocycles. The maximum atomic E-state index is 5.98. The van der Waals surface area contributed by atoms with Crippen molar-refractivity contribution in [2.45, 2.75) is 40.0 Å². The molecule has 72 valence electrons. The molecule has 1 aliphatic rings. The van der Waals surface area contributed by atoms with Gasteiger partial charge in [-0.2, -0.15) is 0 Å². The van der Waals surface area contributed by atoms with E-state index in [1.807, 2.05) is 0 Å². The Balaban J connectivity index is 2.50. The van der Waals surface area contributed by atoms with Gasteiger partial charge in [0, 0.05) is 5.88 Å². The second-order valence-corrected chi connectivity index (χ2v) is 5.05. The summed E-state index contributed by atoms with van der Waals surface area (Å²) in [4.78, 5) is 0. The number of alkyl halides is 1. The molecule has 0 radical (unpaired) electrons. The zero-order valence-electron chi connectivity index (χ0n) is 8.52. The van der Waals surface area contributed by atoms with Crippen molar-refractivity contribution in [1.29, 1.82) is 0 Å². The Morgan fingerprint density at radius 1 is 1.33 bits per heavy atom. The highest BCUT2D eigenvalue weighted by Crippen LogP contribution is 2.38. The number of hydrogen-bond acceptors (Lipinski definition) is 0. The summed E-state index contributed by atoms with van der Waals surface area (Å²) in [5.41, 5.74) is 0. The second kappa shape index (κ2) is 4.50. The van der Waals surface area contributed by atoms with Gasteiger partial charge in [-0.1, -0.05) is 27.2 Å². The molecule has 1 rings (SSSR count). The highest BCUT2D eigenvalue weighted by Gasteiger charge is 2.29. The van der Waals surface area contributed by atoms with Crippen LogP contribution in [0.25, 0.3) is 0 Å². The summed E-state index contributed by atoms with van der Waals surface area (Å²) in [6.07, 6.45) is 4.17. The van der Waals surface area contributed by atoms with Gasteiger partial charge in [0.1, 0.15) is 0 Å². The van der Waals surface area contributed by atoms with Gasteiger partial charge in [-0.15, -0.1) is 11.6 Å².